The van der Waals surface area contributed by atoms with E-state index < -0.39 is 18.0 Å². The van der Waals surface area contributed by atoms with Crippen molar-refractivity contribution in [3.63, 3.8) is 0 Å². The van der Waals surface area contributed by atoms with Crippen molar-refractivity contribution < 1.29 is 19.0 Å². The van der Waals surface area contributed by atoms with Crippen LogP contribution in [0.5, 0.6) is 0 Å². The molecule has 4 nitrogen and oxygen atoms in total. The minimum atomic E-state index is -0.641. The predicted molar refractivity (Wildman–Crippen MR) is 55.0 cm³/mol. The number of ether oxygens (including phenoxy) is 3. The summed E-state index contributed by atoms with van der Waals surface area (Å²) in [6.45, 7) is 9.47. The van der Waals surface area contributed by atoms with E-state index in [0.29, 0.717) is 25.0 Å². The van der Waals surface area contributed by atoms with E-state index >= 15 is 0 Å². The van der Waals surface area contributed by atoms with E-state index in [1.807, 2.05) is 13.8 Å². The van der Waals surface area contributed by atoms with Gasteiger partial charge in [-0.25, -0.2) is 4.79 Å². The standard InChI is InChI=1S/C11H18O4/c1-5-11(4)13-7-6-9(15-11)14-10(12)8(2)3/h9H,2,5-7H2,1,3-4H3. The molecule has 1 aliphatic heterocycles. The molecule has 15 heavy (non-hydrogen) atoms. The molecule has 0 aromatic carbocycles. The van der Waals surface area contributed by atoms with Crippen molar-refractivity contribution in [1.82, 2.24) is 0 Å². The summed E-state index contributed by atoms with van der Waals surface area (Å²) in [7, 11) is 0. The summed E-state index contributed by atoms with van der Waals surface area (Å²) in [6, 6.07) is 0. The van der Waals surface area contributed by atoms with Crippen molar-refractivity contribution in [3.8, 4) is 0 Å². The van der Waals surface area contributed by atoms with Crippen LogP contribution in [0.2, 0.25) is 0 Å². The first kappa shape index (κ1) is 12.2. The Labute approximate surface area is 90.2 Å². The van der Waals surface area contributed by atoms with Crippen LogP contribution in [0.1, 0.15) is 33.6 Å². The second-order valence-electron chi connectivity index (χ2n) is 3.86. The number of carbonyl (C=O) groups is 1. The third kappa shape index (κ3) is 3.32. The van der Waals surface area contributed by atoms with Crippen LogP contribution in [0.25, 0.3) is 0 Å². The average Bonchev–Trinajstić information content (AvgIpc) is 2.18. The van der Waals surface area contributed by atoms with Gasteiger partial charge in [0.25, 0.3) is 0 Å². The van der Waals surface area contributed by atoms with E-state index in [4.69, 9.17) is 14.2 Å². The Balaban J connectivity index is 2.50. The normalized spacial score (nSPS) is 31.0. The van der Waals surface area contributed by atoms with Gasteiger partial charge in [-0.3, -0.25) is 0 Å². The zero-order valence-corrected chi connectivity index (χ0v) is 9.54. The van der Waals surface area contributed by atoms with E-state index in [1.165, 1.54) is 0 Å². The number of esters is 1. The van der Waals surface area contributed by atoms with Crippen LogP contribution < -0.4 is 0 Å². The first-order valence-electron chi connectivity index (χ1n) is 5.15. The summed E-state index contributed by atoms with van der Waals surface area (Å²) in [6.07, 6.45) is 0.760. The average molecular weight is 214 g/mol. The van der Waals surface area contributed by atoms with Crippen molar-refractivity contribution in [2.45, 2.75) is 45.7 Å². The summed E-state index contributed by atoms with van der Waals surface area (Å²) >= 11 is 0. The van der Waals surface area contributed by atoms with E-state index in [0.717, 1.165) is 0 Å². The quantitative estimate of drug-likeness (QED) is 0.532. The van der Waals surface area contributed by atoms with Gasteiger partial charge in [-0.1, -0.05) is 13.5 Å². The molecule has 1 aliphatic rings. The molecule has 0 aromatic rings. The van der Waals surface area contributed by atoms with E-state index in [2.05, 4.69) is 6.58 Å². The summed E-state index contributed by atoms with van der Waals surface area (Å²) in [4.78, 5) is 11.3. The molecule has 1 fully saturated rings. The Hall–Kier alpha value is -0.870. The van der Waals surface area contributed by atoms with Gasteiger partial charge in [-0.05, 0) is 20.3 Å². The highest BCUT2D eigenvalue weighted by atomic mass is 16.8. The predicted octanol–water partition coefficient (Wildman–Crippen LogP) is 1.99. The molecular weight excluding hydrogens is 196 g/mol. The minimum Gasteiger partial charge on any atom is -0.432 e. The van der Waals surface area contributed by atoms with Gasteiger partial charge in [0.15, 0.2) is 5.79 Å². The Morgan fingerprint density at radius 3 is 2.87 bits per heavy atom. The monoisotopic (exact) mass is 214 g/mol. The molecule has 0 saturated carbocycles. The molecule has 2 atom stereocenters. The Kier molecular flexibility index (Phi) is 3.88. The van der Waals surface area contributed by atoms with Crippen LogP contribution in [-0.4, -0.2) is 24.7 Å². The van der Waals surface area contributed by atoms with Crippen LogP contribution in [0.3, 0.4) is 0 Å². The molecule has 0 amide bonds. The fourth-order valence-corrected chi connectivity index (χ4v) is 1.23. The zero-order valence-electron chi connectivity index (χ0n) is 9.54. The first-order valence-corrected chi connectivity index (χ1v) is 5.15. The van der Waals surface area contributed by atoms with Crippen LogP contribution in [0.4, 0.5) is 0 Å². The van der Waals surface area contributed by atoms with Gasteiger partial charge in [0.05, 0.1) is 6.61 Å². The maximum atomic E-state index is 11.3. The van der Waals surface area contributed by atoms with Gasteiger partial charge in [0, 0.05) is 12.0 Å². The zero-order chi connectivity index (χ0) is 11.5. The molecular formula is C11H18O4. The van der Waals surface area contributed by atoms with Gasteiger partial charge in [0.2, 0.25) is 6.29 Å². The van der Waals surface area contributed by atoms with Crippen molar-refractivity contribution in [3.05, 3.63) is 12.2 Å². The lowest BCUT2D eigenvalue weighted by Crippen LogP contribution is -2.43. The maximum absolute atomic E-state index is 11.3. The second-order valence-corrected chi connectivity index (χ2v) is 3.86. The molecule has 0 aliphatic carbocycles. The van der Waals surface area contributed by atoms with E-state index in [9.17, 15) is 4.79 Å². The molecule has 0 aromatic heterocycles. The lowest BCUT2D eigenvalue weighted by molar-refractivity contribution is -0.330. The highest BCUT2D eigenvalue weighted by Crippen LogP contribution is 2.26. The highest BCUT2D eigenvalue weighted by molar-refractivity contribution is 5.87. The molecule has 2 unspecified atom stereocenters. The fraction of sp³-hybridized carbons (Fsp3) is 0.727. The highest BCUT2D eigenvalue weighted by Gasteiger charge is 2.34. The third-order valence-corrected chi connectivity index (χ3v) is 2.37. The summed E-state index contributed by atoms with van der Waals surface area (Å²) in [5.41, 5.74) is 0.378. The van der Waals surface area contributed by atoms with Gasteiger partial charge < -0.3 is 14.2 Å². The van der Waals surface area contributed by atoms with Crippen LogP contribution >= 0.6 is 0 Å². The molecule has 4 heteroatoms. The number of rotatable bonds is 3. The molecule has 1 heterocycles. The SMILES string of the molecule is C=C(C)C(=O)OC1CCOC(C)(CC)O1. The van der Waals surface area contributed by atoms with E-state index in [-0.39, 0.29) is 0 Å². The largest absolute Gasteiger partial charge is 0.432 e. The molecule has 1 rings (SSSR count). The van der Waals surface area contributed by atoms with Crippen molar-refractivity contribution in [2.75, 3.05) is 6.61 Å². The molecule has 0 radical (unpaired) electrons. The van der Waals surface area contributed by atoms with Crippen LogP contribution in [0, 0.1) is 0 Å². The van der Waals surface area contributed by atoms with Gasteiger partial charge in [-0.15, -0.1) is 0 Å². The summed E-state index contributed by atoms with van der Waals surface area (Å²) in [5, 5.41) is 0. The maximum Gasteiger partial charge on any atom is 0.335 e. The lowest BCUT2D eigenvalue weighted by atomic mass is 10.2. The molecule has 0 spiro atoms. The van der Waals surface area contributed by atoms with Gasteiger partial charge >= 0.3 is 5.97 Å². The molecule has 86 valence electrons. The van der Waals surface area contributed by atoms with Crippen molar-refractivity contribution in [1.29, 1.82) is 0 Å². The van der Waals surface area contributed by atoms with Gasteiger partial charge in [-0.2, -0.15) is 0 Å². The summed E-state index contributed by atoms with van der Waals surface area (Å²) in [5.74, 6) is -1.06. The second kappa shape index (κ2) is 4.77. The number of hydrogen-bond donors (Lipinski definition) is 0. The molecule has 0 bridgehead atoms. The minimum absolute atomic E-state index is 0.378. The Bertz CT molecular complexity index is 261. The topological polar surface area (TPSA) is 44.8 Å². The third-order valence-electron chi connectivity index (χ3n) is 2.37. The first-order chi connectivity index (χ1) is 6.97. The Morgan fingerprint density at radius 1 is 1.67 bits per heavy atom. The van der Waals surface area contributed by atoms with Crippen molar-refractivity contribution >= 4 is 5.97 Å². The fourth-order valence-electron chi connectivity index (χ4n) is 1.23. The van der Waals surface area contributed by atoms with E-state index in [1.54, 1.807) is 6.92 Å². The number of carbonyl (C=O) groups excluding carboxylic acids is 1. The van der Waals surface area contributed by atoms with Crippen molar-refractivity contribution in [2.24, 2.45) is 0 Å². The van der Waals surface area contributed by atoms with Crippen LogP contribution in [-0.2, 0) is 19.0 Å². The smallest absolute Gasteiger partial charge is 0.335 e. The summed E-state index contributed by atoms with van der Waals surface area (Å²) < 4.78 is 16.1. The Morgan fingerprint density at radius 2 is 2.33 bits per heavy atom. The van der Waals surface area contributed by atoms with Crippen LogP contribution in [0.15, 0.2) is 12.2 Å². The van der Waals surface area contributed by atoms with Gasteiger partial charge in [0.1, 0.15) is 0 Å². The number of hydrogen-bond acceptors (Lipinski definition) is 4. The lowest BCUT2D eigenvalue weighted by Gasteiger charge is -2.37. The molecule has 0 N–H and O–H groups in total. The molecule has 1 saturated heterocycles.